The third-order valence-corrected chi connectivity index (χ3v) is 7.00. The predicted octanol–water partition coefficient (Wildman–Crippen LogP) is 1.81. The molecule has 15 heteroatoms. The Bertz CT molecular complexity index is 1500. The van der Waals surface area contributed by atoms with Gasteiger partial charge in [0, 0.05) is 30.2 Å². The molecule has 1 aliphatic heterocycles. The van der Waals surface area contributed by atoms with Gasteiger partial charge < -0.3 is 21.5 Å². The van der Waals surface area contributed by atoms with Crippen LogP contribution in [0.5, 0.6) is 0 Å². The molecule has 1 unspecified atom stereocenters. The summed E-state index contributed by atoms with van der Waals surface area (Å²) in [7, 11) is -3.90. The van der Waals surface area contributed by atoms with Crippen molar-refractivity contribution in [2.24, 2.45) is 5.73 Å². The maximum Gasteiger partial charge on any atom is 0.490 e. The topological polar surface area (TPSA) is 193 Å². The van der Waals surface area contributed by atoms with Crippen molar-refractivity contribution in [3.8, 4) is 0 Å². The summed E-state index contributed by atoms with van der Waals surface area (Å²) in [6.45, 7) is 0.747. The van der Waals surface area contributed by atoms with Crippen molar-refractivity contribution >= 4 is 44.3 Å². The minimum Gasteiger partial charge on any atom is -0.475 e. The zero-order valence-electron chi connectivity index (χ0n) is 19.6. The van der Waals surface area contributed by atoms with Crippen LogP contribution in [0.1, 0.15) is 17.5 Å². The van der Waals surface area contributed by atoms with E-state index in [0.717, 1.165) is 5.56 Å². The minimum absolute atomic E-state index is 0.0480. The minimum atomic E-state index is -5.08. The number of aliphatic carboxylic acids is 1. The van der Waals surface area contributed by atoms with Gasteiger partial charge in [-0.1, -0.05) is 18.2 Å². The number of rotatable bonds is 6. The van der Waals surface area contributed by atoms with Crippen LogP contribution in [0.25, 0.3) is 10.8 Å². The number of carbonyl (C=O) groups is 2. The quantitative estimate of drug-likeness (QED) is 0.226. The largest absolute Gasteiger partial charge is 0.490 e. The van der Waals surface area contributed by atoms with Gasteiger partial charge in [0.2, 0.25) is 15.9 Å². The number of sulfonamides is 1. The lowest BCUT2D eigenvalue weighted by Gasteiger charge is -2.18. The molecule has 1 aromatic heterocycles. The van der Waals surface area contributed by atoms with Crippen LogP contribution in [0.4, 0.5) is 19.0 Å². The van der Waals surface area contributed by atoms with Crippen molar-refractivity contribution in [1.29, 1.82) is 5.41 Å². The zero-order chi connectivity index (χ0) is 28.3. The highest BCUT2D eigenvalue weighted by Crippen LogP contribution is 2.24. The van der Waals surface area contributed by atoms with Gasteiger partial charge in [-0.05, 0) is 47.7 Å². The molecule has 0 saturated carbocycles. The summed E-state index contributed by atoms with van der Waals surface area (Å²) in [5, 5.41) is 16.0. The van der Waals surface area contributed by atoms with Crippen molar-refractivity contribution in [1.82, 2.24) is 14.6 Å². The molecular formula is C23H23F3N6O5S. The number of nitrogens with one attached hydrogen (secondary N) is 2. The standard InChI is InChI=1S/C21H22N6O3S.C2HF3O2/c22-19(23)15-3-1-2-13(10-15)12-27-9-7-18(21(27)28)26-31(29,30)16-4-5-17-14(11-16)6-8-25-20(17)24;3-2(4,5)1(6)7/h1-6,8,10-11,18,26H,7,9,12H2,(H3,22,23)(H2,24,25);(H,6,7). The summed E-state index contributed by atoms with van der Waals surface area (Å²) in [6.07, 6.45) is -3.20. The van der Waals surface area contributed by atoms with E-state index in [1.165, 1.54) is 18.3 Å². The van der Waals surface area contributed by atoms with Gasteiger partial charge in [-0.3, -0.25) is 10.2 Å². The van der Waals surface area contributed by atoms with Crippen molar-refractivity contribution < 1.29 is 36.3 Å². The normalized spacial score (nSPS) is 15.7. The molecule has 1 saturated heterocycles. The number of benzene rings is 2. The molecule has 0 aliphatic carbocycles. The number of hydrogen-bond donors (Lipinski definition) is 5. The number of amidine groups is 1. The second-order valence-corrected chi connectivity index (χ2v) is 9.93. The molecule has 0 spiro atoms. The Labute approximate surface area is 214 Å². The Morgan fingerprint density at radius 2 is 1.89 bits per heavy atom. The van der Waals surface area contributed by atoms with Gasteiger partial charge in [0.1, 0.15) is 17.7 Å². The van der Waals surface area contributed by atoms with E-state index in [2.05, 4.69) is 9.71 Å². The number of hydrogen-bond acceptors (Lipinski definition) is 7. The van der Waals surface area contributed by atoms with Gasteiger partial charge in [0.05, 0.1) is 4.90 Å². The van der Waals surface area contributed by atoms with E-state index in [1.54, 1.807) is 35.2 Å². The lowest BCUT2D eigenvalue weighted by Crippen LogP contribution is -2.41. The number of carboxylic acid groups (broad SMARTS) is 1. The molecule has 4 rings (SSSR count). The van der Waals surface area contributed by atoms with E-state index in [1.807, 2.05) is 6.07 Å². The Morgan fingerprint density at radius 3 is 2.53 bits per heavy atom. The van der Waals surface area contributed by atoms with E-state index in [-0.39, 0.29) is 16.6 Å². The molecule has 7 N–H and O–H groups in total. The maximum atomic E-state index is 12.9. The fourth-order valence-corrected chi connectivity index (χ4v) is 4.92. The first kappa shape index (κ1) is 28.3. The van der Waals surface area contributed by atoms with Gasteiger partial charge in [-0.2, -0.15) is 17.9 Å². The second-order valence-electron chi connectivity index (χ2n) is 8.22. The first-order valence-corrected chi connectivity index (χ1v) is 12.4. The van der Waals surface area contributed by atoms with Crippen LogP contribution in [0.15, 0.2) is 59.6 Å². The smallest absolute Gasteiger partial charge is 0.475 e. The summed E-state index contributed by atoms with van der Waals surface area (Å²) in [6, 6.07) is 12.5. The number of anilines is 1. The number of fused-ring (bicyclic) bond motifs is 1. The molecular weight excluding hydrogens is 529 g/mol. The lowest BCUT2D eigenvalue weighted by atomic mass is 10.1. The van der Waals surface area contributed by atoms with Crippen molar-refractivity contribution in [2.75, 3.05) is 12.3 Å². The summed E-state index contributed by atoms with van der Waals surface area (Å²) in [4.78, 5) is 27.3. The van der Waals surface area contributed by atoms with E-state index >= 15 is 0 Å². The number of carbonyl (C=O) groups excluding carboxylic acids is 1. The van der Waals surface area contributed by atoms with Crippen LogP contribution < -0.4 is 16.2 Å². The van der Waals surface area contributed by atoms with Crippen LogP contribution in [-0.4, -0.2) is 59.9 Å². The van der Waals surface area contributed by atoms with Gasteiger partial charge in [-0.25, -0.2) is 18.2 Å². The molecule has 3 aromatic rings. The maximum absolute atomic E-state index is 12.9. The first-order chi connectivity index (χ1) is 17.7. The molecule has 11 nitrogen and oxygen atoms in total. The second kappa shape index (κ2) is 11.0. The molecule has 0 bridgehead atoms. The highest BCUT2D eigenvalue weighted by atomic mass is 32.2. The molecule has 2 heterocycles. The number of alkyl halides is 3. The number of carboxylic acids is 1. The Kier molecular flexibility index (Phi) is 8.22. The molecule has 1 fully saturated rings. The fraction of sp³-hybridized carbons (Fsp3) is 0.217. The van der Waals surface area contributed by atoms with E-state index in [0.29, 0.717) is 41.7 Å². The summed E-state index contributed by atoms with van der Waals surface area (Å²) < 4.78 is 60.0. The monoisotopic (exact) mass is 552 g/mol. The number of likely N-dealkylation sites (tertiary alicyclic amines) is 1. The molecule has 0 radical (unpaired) electrons. The highest BCUT2D eigenvalue weighted by Gasteiger charge is 2.38. The van der Waals surface area contributed by atoms with Gasteiger partial charge >= 0.3 is 12.1 Å². The number of aromatic nitrogens is 1. The van der Waals surface area contributed by atoms with Crippen molar-refractivity contribution in [3.05, 3.63) is 65.9 Å². The lowest BCUT2D eigenvalue weighted by molar-refractivity contribution is -0.192. The third kappa shape index (κ3) is 6.74. The molecule has 38 heavy (non-hydrogen) atoms. The highest BCUT2D eigenvalue weighted by molar-refractivity contribution is 7.89. The molecule has 1 atom stereocenters. The SMILES string of the molecule is N=C(N)c1cccc(CN2CCC(NS(=O)(=O)c3ccc4c(N)nccc4c3)C2=O)c1.O=C(O)C(F)(F)F. The number of nitrogens with zero attached hydrogens (tertiary/aromatic N) is 2. The third-order valence-electron chi connectivity index (χ3n) is 5.53. The number of halogens is 3. The van der Waals surface area contributed by atoms with Crippen molar-refractivity contribution in [2.45, 2.75) is 30.1 Å². The number of nitrogen functional groups attached to an aromatic ring is 2. The van der Waals surface area contributed by atoms with Crippen LogP contribution in [-0.2, 0) is 26.2 Å². The Morgan fingerprint density at radius 1 is 1.21 bits per heavy atom. The summed E-state index contributed by atoms with van der Waals surface area (Å²) in [5.41, 5.74) is 12.7. The number of amides is 1. The molecule has 1 aliphatic rings. The van der Waals surface area contributed by atoms with E-state index in [9.17, 15) is 26.4 Å². The average Bonchev–Trinajstić information content (AvgIpc) is 3.17. The molecule has 2 aromatic carbocycles. The van der Waals surface area contributed by atoms with E-state index in [4.69, 9.17) is 26.8 Å². The Hall–Kier alpha value is -4.24. The number of nitrogens with two attached hydrogens (primary N) is 2. The summed E-state index contributed by atoms with van der Waals surface area (Å²) >= 11 is 0. The zero-order valence-corrected chi connectivity index (χ0v) is 20.4. The van der Waals surface area contributed by atoms with Gasteiger partial charge in [0.25, 0.3) is 0 Å². The average molecular weight is 553 g/mol. The molecule has 1 amide bonds. The predicted molar refractivity (Wildman–Crippen MR) is 131 cm³/mol. The Balaban J connectivity index is 0.000000505. The van der Waals surface area contributed by atoms with Crippen molar-refractivity contribution in [3.63, 3.8) is 0 Å². The van der Waals surface area contributed by atoms with Crippen LogP contribution in [0.3, 0.4) is 0 Å². The van der Waals surface area contributed by atoms with Crippen LogP contribution in [0.2, 0.25) is 0 Å². The van der Waals surface area contributed by atoms with Gasteiger partial charge in [0.15, 0.2) is 0 Å². The number of pyridine rings is 1. The van der Waals surface area contributed by atoms with Crippen LogP contribution in [0, 0.1) is 5.41 Å². The summed E-state index contributed by atoms with van der Waals surface area (Å²) in [5.74, 6) is -2.77. The first-order valence-electron chi connectivity index (χ1n) is 10.9. The van der Waals surface area contributed by atoms with Gasteiger partial charge in [-0.15, -0.1) is 0 Å². The fourth-order valence-electron chi connectivity index (χ4n) is 3.66. The van der Waals surface area contributed by atoms with Crippen LogP contribution >= 0.6 is 0 Å². The van der Waals surface area contributed by atoms with E-state index < -0.39 is 28.2 Å². The molecule has 202 valence electrons.